The lowest BCUT2D eigenvalue weighted by atomic mass is 10.1. The summed E-state index contributed by atoms with van der Waals surface area (Å²) in [6.45, 7) is 0. The van der Waals surface area contributed by atoms with Gasteiger partial charge in [-0.05, 0) is 17.7 Å². The molecular formula is C9H7BrClNO. The number of nitrogens with zero attached hydrogens (tertiary/aromatic N) is 1. The van der Waals surface area contributed by atoms with Gasteiger partial charge in [-0.15, -0.1) is 0 Å². The van der Waals surface area contributed by atoms with E-state index in [1.165, 1.54) is 0 Å². The number of halogens is 2. The van der Waals surface area contributed by atoms with E-state index in [0.29, 0.717) is 10.6 Å². The minimum absolute atomic E-state index is 0.589. The molecule has 0 bridgehead atoms. The van der Waals surface area contributed by atoms with E-state index in [1.807, 2.05) is 6.07 Å². The molecule has 2 atom stereocenters. The van der Waals surface area contributed by atoms with Crippen LogP contribution in [0, 0.1) is 11.3 Å². The number of benzene rings is 1. The molecule has 0 aliphatic rings. The Morgan fingerprint density at radius 1 is 1.38 bits per heavy atom. The van der Waals surface area contributed by atoms with E-state index in [9.17, 15) is 5.11 Å². The number of aliphatic hydroxyl groups is 1. The van der Waals surface area contributed by atoms with Crippen LogP contribution in [0.4, 0.5) is 0 Å². The van der Waals surface area contributed by atoms with Crippen molar-refractivity contribution in [1.82, 2.24) is 0 Å². The Balaban J connectivity index is 2.84. The molecule has 1 aromatic carbocycles. The second-order valence-electron chi connectivity index (χ2n) is 2.53. The second-order valence-corrected chi connectivity index (χ2v) is 3.95. The topological polar surface area (TPSA) is 44.0 Å². The van der Waals surface area contributed by atoms with Gasteiger partial charge in [0.25, 0.3) is 0 Å². The van der Waals surface area contributed by atoms with E-state index >= 15 is 0 Å². The number of aliphatic hydroxyl groups excluding tert-OH is 1. The first-order chi connectivity index (χ1) is 6.15. The molecule has 1 rings (SSSR count). The van der Waals surface area contributed by atoms with Crippen molar-refractivity contribution in [3.8, 4) is 6.07 Å². The number of hydrogen-bond acceptors (Lipinski definition) is 2. The van der Waals surface area contributed by atoms with Gasteiger partial charge in [-0.1, -0.05) is 39.7 Å². The predicted molar refractivity (Wildman–Crippen MR) is 54.7 cm³/mol. The molecule has 1 aromatic rings. The summed E-state index contributed by atoms with van der Waals surface area (Å²) in [6, 6.07) is 8.65. The van der Waals surface area contributed by atoms with Crippen LogP contribution >= 0.6 is 27.5 Å². The van der Waals surface area contributed by atoms with E-state index < -0.39 is 10.9 Å². The zero-order valence-corrected chi connectivity index (χ0v) is 8.96. The van der Waals surface area contributed by atoms with Crippen molar-refractivity contribution < 1.29 is 5.11 Å². The zero-order valence-electron chi connectivity index (χ0n) is 6.61. The van der Waals surface area contributed by atoms with Crippen molar-refractivity contribution in [2.24, 2.45) is 0 Å². The highest BCUT2D eigenvalue weighted by Crippen LogP contribution is 2.23. The molecule has 13 heavy (non-hydrogen) atoms. The van der Waals surface area contributed by atoms with E-state index in [1.54, 1.807) is 24.3 Å². The summed E-state index contributed by atoms with van der Waals surface area (Å²) < 4.78 is 0. The number of nitriles is 1. The monoisotopic (exact) mass is 259 g/mol. The van der Waals surface area contributed by atoms with Crippen LogP contribution < -0.4 is 0 Å². The van der Waals surface area contributed by atoms with Gasteiger partial charge in [-0.3, -0.25) is 0 Å². The maximum Gasteiger partial charge on any atom is 0.131 e. The minimum atomic E-state index is -0.817. The Hall–Kier alpha value is -0.560. The average molecular weight is 261 g/mol. The summed E-state index contributed by atoms with van der Waals surface area (Å²) in [4.78, 5) is -0.589. The Bertz CT molecular complexity index is 319. The highest BCUT2D eigenvalue weighted by Gasteiger charge is 2.16. The van der Waals surface area contributed by atoms with Crippen LogP contribution in [-0.2, 0) is 0 Å². The average Bonchev–Trinajstić information content (AvgIpc) is 2.17. The summed E-state index contributed by atoms with van der Waals surface area (Å²) in [5.74, 6) is 0. The molecule has 0 saturated carbocycles. The highest BCUT2D eigenvalue weighted by atomic mass is 79.9. The van der Waals surface area contributed by atoms with Crippen molar-refractivity contribution >= 4 is 27.5 Å². The molecule has 4 heteroatoms. The van der Waals surface area contributed by atoms with E-state index in [0.717, 1.165) is 0 Å². The molecule has 0 amide bonds. The number of rotatable bonds is 2. The van der Waals surface area contributed by atoms with Crippen molar-refractivity contribution in [3.05, 3.63) is 34.9 Å². The lowest BCUT2D eigenvalue weighted by molar-refractivity contribution is 0.190. The van der Waals surface area contributed by atoms with Gasteiger partial charge < -0.3 is 5.11 Å². The van der Waals surface area contributed by atoms with Crippen LogP contribution in [0.15, 0.2) is 24.3 Å². The van der Waals surface area contributed by atoms with Crippen LogP contribution in [0.1, 0.15) is 11.7 Å². The predicted octanol–water partition coefficient (Wildman–Crippen LogP) is 2.66. The fourth-order valence-electron chi connectivity index (χ4n) is 0.900. The third-order valence-electron chi connectivity index (χ3n) is 1.61. The zero-order chi connectivity index (χ0) is 9.84. The first kappa shape index (κ1) is 10.5. The van der Waals surface area contributed by atoms with Crippen molar-refractivity contribution in [1.29, 1.82) is 5.26 Å². The molecule has 0 aliphatic heterocycles. The van der Waals surface area contributed by atoms with Crippen LogP contribution in [0.3, 0.4) is 0 Å². The van der Waals surface area contributed by atoms with Crippen molar-refractivity contribution in [3.63, 3.8) is 0 Å². The molecule has 2 nitrogen and oxygen atoms in total. The van der Waals surface area contributed by atoms with Gasteiger partial charge in [0.05, 0.1) is 6.07 Å². The van der Waals surface area contributed by atoms with Gasteiger partial charge in [0.1, 0.15) is 10.9 Å². The standard InChI is InChI=1S/C9H7BrClNO/c10-8(5-12)9(13)6-1-3-7(11)4-2-6/h1-4,8-9,13H/t8-,9+/m0/s1. The normalized spacial score (nSPS) is 14.6. The fraction of sp³-hybridized carbons (Fsp3) is 0.222. The van der Waals surface area contributed by atoms with Gasteiger partial charge in [0, 0.05) is 5.02 Å². The maximum atomic E-state index is 9.57. The molecule has 0 aliphatic carbocycles. The lowest BCUT2D eigenvalue weighted by Gasteiger charge is -2.10. The lowest BCUT2D eigenvalue weighted by Crippen LogP contribution is -2.09. The molecule has 1 N–H and O–H groups in total. The van der Waals surface area contributed by atoms with Crippen LogP contribution in [0.25, 0.3) is 0 Å². The summed E-state index contributed by atoms with van der Waals surface area (Å²) in [6.07, 6.45) is -0.817. The smallest absolute Gasteiger partial charge is 0.131 e. The van der Waals surface area contributed by atoms with Crippen molar-refractivity contribution in [2.45, 2.75) is 10.9 Å². The van der Waals surface area contributed by atoms with Gasteiger partial charge >= 0.3 is 0 Å². The van der Waals surface area contributed by atoms with Gasteiger partial charge in [0.2, 0.25) is 0 Å². The van der Waals surface area contributed by atoms with Crippen molar-refractivity contribution in [2.75, 3.05) is 0 Å². The second kappa shape index (κ2) is 4.61. The molecule has 0 spiro atoms. The van der Waals surface area contributed by atoms with Crippen LogP contribution in [-0.4, -0.2) is 9.93 Å². The SMILES string of the molecule is N#C[C@H](Br)[C@H](O)c1ccc(Cl)cc1. The summed E-state index contributed by atoms with van der Waals surface area (Å²) >= 11 is 8.72. The first-order valence-corrected chi connectivity index (χ1v) is 4.91. The number of alkyl halides is 1. The Labute approximate surface area is 89.9 Å². The Morgan fingerprint density at radius 3 is 2.38 bits per heavy atom. The highest BCUT2D eigenvalue weighted by molar-refractivity contribution is 9.09. The largest absolute Gasteiger partial charge is 0.386 e. The Kier molecular flexibility index (Phi) is 3.73. The van der Waals surface area contributed by atoms with Gasteiger partial charge in [-0.2, -0.15) is 5.26 Å². The first-order valence-electron chi connectivity index (χ1n) is 3.62. The Morgan fingerprint density at radius 2 is 1.92 bits per heavy atom. The maximum absolute atomic E-state index is 9.57. The van der Waals surface area contributed by atoms with E-state index in [4.69, 9.17) is 16.9 Å². The molecule has 0 radical (unpaired) electrons. The quantitative estimate of drug-likeness (QED) is 0.831. The molecule has 0 saturated heterocycles. The summed E-state index contributed by atoms with van der Waals surface area (Å²) in [5.41, 5.74) is 0.674. The van der Waals surface area contributed by atoms with Gasteiger partial charge in [-0.25, -0.2) is 0 Å². The third kappa shape index (κ3) is 2.70. The van der Waals surface area contributed by atoms with E-state index in [-0.39, 0.29) is 0 Å². The summed E-state index contributed by atoms with van der Waals surface area (Å²) in [7, 11) is 0. The fourth-order valence-corrected chi connectivity index (χ4v) is 1.33. The molecule has 0 heterocycles. The molecule has 0 aromatic heterocycles. The summed E-state index contributed by atoms with van der Waals surface area (Å²) in [5, 5.41) is 18.7. The van der Waals surface area contributed by atoms with Crippen LogP contribution in [0.2, 0.25) is 5.02 Å². The van der Waals surface area contributed by atoms with E-state index in [2.05, 4.69) is 15.9 Å². The molecule has 0 unspecified atom stereocenters. The molecule has 68 valence electrons. The number of hydrogen-bond donors (Lipinski definition) is 1. The minimum Gasteiger partial charge on any atom is -0.386 e. The van der Waals surface area contributed by atoms with Crippen LogP contribution in [0.5, 0.6) is 0 Å². The third-order valence-corrected chi connectivity index (χ3v) is 2.57. The molecule has 0 fully saturated rings. The van der Waals surface area contributed by atoms with Gasteiger partial charge in [0.15, 0.2) is 0 Å². The molecular weight excluding hydrogens is 253 g/mol.